The van der Waals surface area contributed by atoms with E-state index in [0.717, 1.165) is 0 Å². The first-order valence-corrected chi connectivity index (χ1v) is 10.2. The average molecular weight is 465 g/mol. The van der Waals surface area contributed by atoms with Crippen LogP contribution < -0.4 is 10.1 Å². The van der Waals surface area contributed by atoms with Crippen LogP contribution in [0.5, 0.6) is 5.88 Å². The third kappa shape index (κ3) is 4.87. The van der Waals surface area contributed by atoms with Crippen molar-refractivity contribution in [2.24, 2.45) is 0 Å². The highest BCUT2D eigenvalue weighted by Gasteiger charge is 2.24. The maximum Gasteiger partial charge on any atom is 0.269 e. The highest BCUT2D eigenvalue weighted by molar-refractivity contribution is 6.32. The summed E-state index contributed by atoms with van der Waals surface area (Å²) in [6, 6.07) is 8.44. The van der Waals surface area contributed by atoms with Crippen molar-refractivity contribution >= 4 is 34.4 Å². The molecular formula is C21H17ClN8O3. The van der Waals surface area contributed by atoms with Gasteiger partial charge in [0.25, 0.3) is 5.91 Å². The third-order valence-corrected chi connectivity index (χ3v) is 4.73. The summed E-state index contributed by atoms with van der Waals surface area (Å²) in [5.74, 6) is 0.322. The maximum absolute atomic E-state index is 12.9. The SMILES string of the molecule is CCOC[C@H](Oc1ncnc2c1cnn2-c1ncccc1Cl)C(=O)Nc1ccc(C#N)cn1. The van der Waals surface area contributed by atoms with Crippen LogP contribution in [-0.4, -0.2) is 54.9 Å². The summed E-state index contributed by atoms with van der Waals surface area (Å²) >= 11 is 6.24. The van der Waals surface area contributed by atoms with E-state index in [1.165, 1.54) is 29.5 Å². The molecule has 0 aliphatic rings. The van der Waals surface area contributed by atoms with Crippen molar-refractivity contribution in [3.63, 3.8) is 0 Å². The quantitative estimate of drug-likeness (QED) is 0.416. The molecule has 0 aliphatic carbocycles. The van der Waals surface area contributed by atoms with Gasteiger partial charge in [0.15, 0.2) is 11.5 Å². The second kappa shape index (κ2) is 9.99. The smallest absolute Gasteiger partial charge is 0.269 e. The first kappa shape index (κ1) is 22.1. The van der Waals surface area contributed by atoms with Gasteiger partial charge in [-0.15, -0.1) is 0 Å². The molecule has 4 aromatic rings. The minimum atomic E-state index is -1.04. The second-order valence-corrected chi connectivity index (χ2v) is 6.99. The maximum atomic E-state index is 12.9. The van der Waals surface area contributed by atoms with E-state index >= 15 is 0 Å². The number of aromatic nitrogens is 6. The molecule has 11 nitrogen and oxygen atoms in total. The van der Waals surface area contributed by atoms with Gasteiger partial charge in [-0.1, -0.05) is 11.6 Å². The number of nitrogens with zero attached hydrogens (tertiary/aromatic N) is 7. The summed E-state index contributed by atoms with van der Waals surface area (Å²) in [7, 11) is 0. The molecular weight excluding hydrogens is 448 g/mol. The molecule has 1 atom stereocenters. The summed E-state index contributed by atoms with van der Waals surface area (Å²) in [5.41, 5.74) is 0.786. The summed E-state index contributed by atoms with van der Waals surface area (Å²) in [5, 5.41) is 16.7. The first-order chi connectivity index (χ1) is 16.1. The van der Waals surface area contributed by atoms with Crippen LogP contribution in [0, 0.1) is 11.3 Å². The standard InChI is InChI=1S/C21H17ClN8O3/c1-2-32-11-16(20(31)29-17-6-5-13(8-23)9-25-17)33-21-14-10-28-30(18(14)26-12-27-21)19-15(22)4-3-7-24-19/h3-7,9-10,12,16H,2,11H2,1H3,(H,25,29,31)/t16-/m0/s1. The van der Waals surface area contributed by atoms with Gasteiger partial charge in [0, 0.05) is 19.0 Å². The van der Waals surface area contributed by atoms with Gasteiger partial charge in [-0.05, 0) is 31.2 Å². The fourth-order valence-corrected chi connectivity index (χ4v) is 3.07. The van der Waals surface area contributed by atoms with Crippen LogP contribution in [-0.2, 0) is 9.53 Å². The van der Waals surface area contributed by atoms with Crippen LogP contribution in [0.25, 0.3) is 16.9 Å². The van der Waals surface area contributed by atoms with Crippen LogP contribution in [0.4, 0.5) is 5.82 Å². The van der Waals surface area contributed by atoms with Crippen LogP contribution in [0.1, 0.15) is 12.5 Å². The van der Waals surface area contributed by atoms with Crippen molar-refractivity contribution in [1.29, 1.82) is 5.26 Å². The molecule has 33 heavy (non-hydrogen) atoms. The van der Waals surface area contributed by atoms with Crippen LogP contribution in [0.2, 0.25) is 5.02 Å². The van der Waals surface area contributed by atoms with Crippen LogP contribution in [0.15, 0.2) is 49.2 Å². The third-order valence-electron chi connectivity index (χ3n) is 4.43. The van der Waals surface area contributed by atoms with E-state index in [1.807, 2.05) is 6.07 Å². The molecule has 12 heteroatoms. The van der Waals surface area contributed by atoms with Crippen molar-refractivity contribution in [3.05, 3.63) is 59.8 Å². The molecule has 0 radical (unpaired) electrons. The monoisotopic (exact) mass is 464 g/mol. The number of rotatable bonds is 8. The van der Waals surface area contributed by atoms with Gasteiger partial charge >= 0.3 is 0 Å². The Kier molecular flexibility index (Phi) is 6.68. The number of ether oxygens (including phenoxy) is 2. The lowest BCUT2D eigenvalue weighted by atomic mass is 10.3. The number of nitriles is 1. The predicted octanol–water partition coefficient (Wildman–Crippen LogP) is 2.55. The van der Waals surface area contributed by atoms with E-state index in [1.54, 1.807) is 31.3 Å². The Bertz CT molecular complexity index is 1320. The normalized spacial score (nSPS) is 11.7. The minimum absolute atomic E-state index is 0.0235. The predicted molar refractivity (Wildman–Crippen MR) is 118 cm³/mol. The van der Waals surface area contributed by atoms with Gasteiger partial charge in [0.1, 0.15) is 23.6 Å². The molecule has 0 unspecified atom stereocenters. The molecule has 0 aromatic carbocycles. The lowest BCUT2D eigenvalue weighted by molar-refractivity contribution is -0.125. The lowest BCUT2D eigenvalue weighted by Crippen LogP contribution is -2.37. The molecule has 4 heterocycles. The average Bonchev–Trinajstić information content (AvgIpc) is 3.27. The zero-order valence-electron chi connectivity index (χ0n) is 17.3. The molecule has 1 N–H and O–H groups in total. The molecule has 166 valence electrons. The zero-order chi connectivity index (χ0) is 23.2. The van der Waals surface area contributed by atoms with Gasteiger partial charge in [-0.2, -0.15) is 15.0 Å². The Balaban J connectivity index is 1.61. The molecule has 1 amide bonds. The molecule has 0 fully saturated rings. The van der Waals surface area contributed by atoms with Crippen molar-refractivity contribution in [3.8, 4) is 17.8 Å². The number of fused-ring (bicyclic) bond motifs is 1. The molecule has 0 saturated heterocycles. The van der Waals surface area contributed by atoms with Crippen molar-refractivity contribution in [2.45, 2.75) is 13.0 Å². The Labute approximate surface area is 193 Å². The fourth-order valence-electron chi connectivity index (χ4n) is 2.87. The highest BCUT2D eigenvalue weighted by atomic mass is 35.5. The van der Waals surface area contributed by atoms with E-state index < -0.39 is 12.0 Å². The van der Waals surface area contributed by atoms with Gasteiger partial charge < -0.3 is 14.8 Å². The van der Waals surface area contributed by atoms with Gasteiger partial charge in [-0.25, -0.2) is 19.9 Å². The van der Waals surface area contributed by atoms with E-state index in [4.69, 9.17) is 26.3 Å². The van der Waals surface area contributed by atoms with E-state index in [0.29, 0.717) is 34.0 Å². The number of nitrogens with one attached hydrogen (secondary N) is 1. The summed E-state index contributed by atoms with van der Waals surface area (Å²) < 4.78 is 12.8. The van der Waals surface area contributed by atoms with Gasteiger partial charge in [-0.3, -0.25) is 4.79 Å². The van der Waals surface area contributed by atoms with Gasteiger partial charge in [0.05, 0.1) is 23.4 Å². The number of pyridine rings is 2. The number of carbonyl (C=O) groups excluding carboxylic acids is 1. The summed E-state index contributed by atoms with van der Waals surface area (Å²) in [4.78, 5) is 29.6. The second-order valence-electron chi connectivity index (χ2n) is 6.58. The molecule has 0 saturated carbocycles. The number of hydrogen-bond donors (Lipinski definition) is 1. The molecule has 4 aromatic heterocycles. The van der Waals surface area contributed by atoms with Crippen molar-refractivity contribution in [1.82, 2.24) is 29.7 Å². The topological polar surface area (TPSA) is 141 Å². The van der Waals surface area contributed by atoms with E-state index in [-0.39, 0.29) is 18.3 Å². The summed E-state index contributed by atoms with van der Waals surface area (Å²) in [6.07, 6.45) is 4.71. The Morgan fingerprint density at radius 3 is 2.85 bits per heavy atom. The highest BCUT2D eigenvalue weighted by Crippen LogP contribution is 2.26. The zero-order valence-corrected chi connectivity index (χ0v) is 18.1. The van der Waals surface area contributed by atoms with Crippen LogP contribution in [0.3, 0.4) is 0 Å². The largest absolute Gasteiger partial charge is 0.461 e. The molecule has 0 aliphatic heterocycles. The number of anilines is 1. The van der Waals surface area contributed by atoms with E-state index in [2.05, 4.69) is 30.4 Å². The van der Waals surface area contributed by atoms with Gasteiger partial charge in [0.2, 0.25) is 12.0 Å². The Hall–Kier alpha value is -4.14. The fraction of sp³-hybridized carbons (Fsp3) is 0.190. The lowest BCUT2D eigenvalue weighted by Gasteiger charge is -2.18. The number of carbonyl (C=O) groups is 1. The number of amides is 1. The van der Waals surface area contributed by atoms with Crippen molar-refractivity contribution < 1.29 is 14.3 Å². The molecule has 0 spiro atoms. The first-order valence-electron chi connectivity index (χ1n) is 9.81. The van der Waals surface area contributed by atoms with Crippen molar-refractivity contribution in [2.75, 3.05) is 18.5 Å². The number of hydrogen-bond acceptors (Lipinski definition) is 9. The Morgan fingerprint density at radius 1 is 1.24 bits per heavy atom. The van der Waals surface area contributed by atoms with E-state index in [9.17, 15) is 4.79 Å². The molecule has 4 rings (SSSR count). The molecule has 0 bridgehead atoms. The van der Waals surface area contributed by atoms with Crippen LogP contribution >= 0.6 is 11.6 Å². The minimum Gasteiger partial charge on any atom is -0.461 e. The Morgan fingerprint density at radius 2 is 2.12 bits per heavy atom. The number of halogens is 1. The summed E-state index contributed by atoms with van der Waals surface area (Å²) in [6.45, 7) is 2.17.